The molecular weight excluding hydrogens is 378 g/mol. The maximum Gasteiger partial charge on any atom is 0.310 e. The minimum absolute atomic E-state index is 2.35. The van der Waals surface area contributed by atoms with E-state index in [0.717, 1.165) is 0 Å². The fourth-order valence-corrected chi connectivity index (χ4v) is 1.92. The van der Waals surface area contributed by atoms with Gasteiger partial charge in [-0.3, -0.25) is 0 Å². The highest BCUT2D eigenvalue weighted by molar-refractivity contribution is 5.44. The zero-order valence-electron chi connectivity index (χ0n) is 11.2. The van der Waals surface area contributed by atoms with Crippen LogP contribution in [0.5, 0.6) is 11.5 Å². The number of phenolic OH excluding ortho intramolecular Hbond substituents is 2. The van der Waals surface area contributed by atoms with Crippen LogP contribution in [-0.4, -0.2) is 10.2 Å². The van der Waals surface area contributed by atoms with Crippen molar-refractivity contribution < 1.29 is 54.1 Å². The Morgan fingerprint density at radius 3 is 0.840 bits per heavy atom. The molecule has 0 spiro atoms. The summed E-state index contributed by atoms with van der Waals surface area (Å²) in [5, 5.41) is 17.4. The van der Waals surface area contributed by atoms with Crippen molar-refractivity contribution in [2.24, 2.45) is 0 Å². The van der Waals surface area contributed by atoms with Gasteiger partial charge in [-0.25, -0.2) is 17.6 Å². The van der Waals surface area contributed by atoms with Crippen LogP contribution in [0.25, 0.3) is 0 Å². The lowest BCUT2D eigenvalue weighted by atomic mass is 9.96. The van der Waals surface area contributed by atoms with E-state index in [1.807, 2.05) is 0 Å². The van der Waals surface area contributed by atoms with Gasteiger partial charge in [-0.1, -0.05) is 0 Å². The molecule has 0 aliphatic heterocycles. The zero-order chi connectivity index (χ0) is 19.4. The summed E-state index contributed by atoms with van der Waals surface area (Å²) in [6.07, 6.45) is 0. The highest BCUT2D eigenvalue weighted by Crippen LogP contribution is 2.45. The average Bonchev–Trinajstić information content (AvgIpc) is 2.54. The van der Waals surface area contributed by atoms with Crippen LogP contribution in [0.1, 0.15) is 11.1 Å². The molecule has 0 fully saturated rings. The summed E-state index contributed by atoms with van der Waals surface area (Å²) < 4.78 is 135. The van der Waals surface area contributed by atoms with Gasteiger partial charge < -0.3 is 10.2 Å². The largest absolute Gasteiger partial charge is 0.503 e. The van der Waals surface area contributed by atoms with E-state index >= 15 is 0 Å². The summed E-state index contributed by atoms with van der Waals surface area (Å²) in [4.78, 5) is 0. The number of aromatic hydroxyl groups is 2. The van der Waals surface area contributed by atoms with Gasteiger partial charge in [0.15, 0.2) is 34.8 Å². The molecule has 0 aliphatic rings. The van der Waals surface area contributed by atoms with Crippen LogP contribution < -0.4 is 0 Å². The van der Waals surface area contributed by atoms with E-state index in [1.54, 1.807) is 0 Å². The van der Waals surface area contributed by atoms with Crippen LogP contribution in [0.4, 0.5) is 43.9 Å². The number of hydrogen-bond acceptors (Lipinski definition) is 2. The van der Waals surface area contributed by atoms with Crippen molar-refractivity contribution in [2.45, 2.75) is 5.92 Å². The van der Waals surface area contributed by atoms with E-state index in [0.29, 0.717) is 0 Å². The summed E-state index contributed by atoms with van der Waals surface area (Å²) in [7, 11) is 0. The lowest BCUT2D eigenvalue weighted by Gasteiger charge is -2.21. The van der Waals surface area contributed by atoms with Crippen molar-refractivity contribution in [2.75, 3.05) is 0 Å². The molecule has 0 saturated carbocycles. The average molecular weight is 380 g/mol. The van der Waals surface area contributed by atoms with Crippen molar-refractivity contribution in [1.29, 1.82) is 0 Å². The van der Waals surface area contributed by atoms with E-state index in [2.05, 4.69) is 0 Å². The maximum atomic E-state index is 14.1. The van der Waals surface area contributed by atoms with Gasteiger partial charge in [0.05, 0.1) is 0 Å². The molecule has 0 atom stereocenters. The predicted octanol–water partition coefficient (Wildman–Crippen LogP) is 4.35. The van der Waals surface area contributed by atoms with Crippen LogP contribution in [0.2, 0.25) is 0 Å². The van der Waals surface area contributed by atoms with E-state index in [9.17, 15) is 43.9 Å². The van der Waals surface area contributed by atoms with Gasteiger partial charge in [0.2, 0.25) is 23.3 Å². The minimum atomic E-state index is -5.69. The molecule has 2 rings (SSSR count). The quantitative estimate of drug-likeness (QED) is 0.601. The Kier molecular flexibility index (Phi) is 4.26. The van der Waals surface area contributed by atoms with Crippen LogP contribution in [0.3, 0.4) is 0 Å². The first-order valence-corrected chi connectivity index (χ1v) is 5.84. The number of rotatable bonds is 2. The Hall–Kier alpha value is -2.66. The first-order valence-electron chi connectivity index (χ1n) is 5.84. The molecule has 0 saturated heterocycles. The topological polar surface area (TPSA) is 40.5 Å². The smallest absolute Gasteiger partial charge is 0.310 e. The van der Waals surface area contributed by atoms with Crippen LogP contribution in [0.15, 0.2) is 0 Å². The molecular formula is C13H2F10O2. The molecule has 0 radical (unpaired) electrons. The van der Waals surface area contributed by atoms with Crippen molar-refractivity contribution in [3.8, 4) is 11.5 Å². The van der Waals surface area contributed by atoms with Crippen molar-refractivity contribution in [3.05, 3.63) is 57.7 Å². The SMILES string of the molecule is Oc1c(F)c(F)c(C(F)(F)c2c(F)c(F)c(O)c(F)c2F)c(F)c1F. The van der Waals surface area contributed by atoms with Gasteiger partial charge in [0.1, 0.15) is 11.1 Å². The third-order valence-electron chi connectivity index (χ3n) is 3.11. The molecule has 0 amide bonds. The van der Waals surface area contributed by atoms with Gasteiger partial charge in [-0.15, -0.1) is 0 Å². The first-order chi connectivity index (χ1) is 11.4. The maximum absolute atomic E-state index is 14.1. The number of phenols is 2. The third kappa shape index (κ3) is 2.43. The highest BCUT2D eigenvalue weighted by Gasteiger charge is 2.49. The fraction of sp³-hybridized carbons (Fsp3) is 0.0769. The molecule has 2 aromatic rings. The summed E-state index contributed by atoms with van der Waals surface area (Å²) in [6, 6.07) is 0. The Morgan fingerprint density at radius 2 is 0.640 bits per heavy atom. The fourth-order valence-electron chi connectivity index (χ4n) is 1.92. The van der Waals surface area contributed by atoms with E-state index in [-0.39, 0.29) is 0 Å². The second-order valence-corrected chi connectivity index (χ2v) is 4.53. The molecule has 2 nitrogen and oxygen atoms in total. The molecule has 136 valence electrons. The lowest BCUT2D eigenvalue weighted by molar-refractivity contribution is 0.0231. The molecule has 0 bridgehead atoms. The molecule has 25 heavy (non-hydrogen) atoms. The molecule has 0 unspecified atom stereocenters. The first kappa shape index (κ1) is 18.7. The normalized spacial score (nSPS) is 11.9. The monoisotopic (exact) mass is 380 g/mol. The van der Waals surface area contributed by atoms with Crippen molar-refractivity contribution in [1.82, 2.24) is 0 Å². The summed E-state index contributed by atoms with van der Waals surface area (Å²) in [5.41, 5.74) is -5.91. The molecule has 0 aromatic heterocycles. The summed E-state index contributed by atoms with van der Waals surface area (Å²) in [5.74, 6) is -33.2. The third-order valence-corrected chi connectivity index (χ3v) is 3.11. The van der Waals surface area contributed by atoms with Crippen LogP contribution in [0, 0.1) is 46.5 Å². The van der Waals surface area contributed by atoms with E-state index in [1.165, 1.54) is 0 Å². The van der Waals surface area contributed by atoms with Gasteiger partial charge in [-0.2, -0.15) is 26.3 Å². The Balaban J connectivity index is 2.96. The van der Waals surface area contributed by atoms with Crippen LogP contribution >= 0.6 is 0 Å². The van der Waals surface area contributed by atoms with Crippen molar-refractivity contribution in [3.63, 3.8) is 0 Å². The Morgan fingerprint density at radius 1 is 0.440 bits per heavy atom. The van der Waals surface area contributed by atoms with Crippen molar-refractivity contribution >= 4 is 0 Å². The number of hydrogen-bond donors (Lipinski definition) is 2. The van der Waals surface area contributed by atoms with Crippen LogP contribution in [-0.2, 0) is 5.92 Å². The van der Waals surface area contributed by atoms with E-state index < -0.39 is 75.1 Å². The van der Waals surface area contributed by atoms with Gasteiger partial charge >= 0.3 is 5.92 Å². The standard InChI is InChI=1S/C13H2F10O2/c14-3-1(4(15)8(19)11(24)7(3)18)13(22,23)2-5(16)9(20)12(25)10(21)6(2)17/h24-25H. The molecule has 0 aliphatic carbocycles. The lowest BCUT2D eigenvalue weighted by Crippen LogP contribution is -2.25. The summed E-state index contributed by atoms with van der Waals surface area (Å²) >= 11 is 0. The molecule has 12 heteroatoms. The number of halogens is 10. The number of benzene rings is 2. The number of alkyl halides is 2. The molecule has 2 N–H and O–H groups in total. The second-order valence-electron chi connectivity index (χ2n) is 4.53. The predicted molar refractivity (Wildman–Crippen MR) is 58.9 cm³/mol. The van der Waals surface area contributed by atoms with Gasteiger partial charge in [-0.05, 0) is 0 Å². The van der Waals surface area contributed by atoms with Gasteiger partial charge in [0, 0.05) is 0 Å². The summed E-state index contributed by atoms with van der Waals surface area (Å²) in [6.45, 7) is 0. The van der Waals surface area contributed by atoms with Gasteiger partial charge in [0.25, 0.3) is 0 Å². The molecule has 2 aromatic carbocycles. The second kappa shape index (κ2) is 5.70. The minimum Gasteiger partial charge on any atom is -0.503 e. The van der Waals surface area contributed by atoms with E-state index in [4.69, 9.17) is 10.2 Å². The molecule has 0 heterocycles. The Labute approximate surface area is 130 Å². The highest BCUT2D eigenvalue weighted by atomic mass is 19.3. The Bertz CT molecular complexity index is 764. The zero-order valence-corrected chi connectivity index (χ0v) is 11.2.